The molecule has 3 nitrogen and oxygen atoms in total. The zero-order chi connectivity index (χ0) is 15.2. The molecule has 22 heavy (non-hydrogen) atoms. The zero-order valence-electron chi connectivity index (χ0n) is 12.5. The fourth-order valence-corrected chi connectivity index (χ4v) is 2.71. The number of benzene rings is 2. The molecule has 114 valence electrons. The van der Waals surface area contributed by atoms with Crippen LogP contribution in [0.15, 0.2) is 54.6 Å². The first kappa shape index (κ1) is 14.6. The zero-order valence-corrected chi connectivity index (χ0v) is 12.5. The molecule has 0 N–H and O–H groups in total. The van der Waals surface area contributed by atoms with E-state index in [1.807, 2.05) is 42.5 Å². The largest absolute Gasteiger partial charge is 0.489 e. The molecule has 0 aromatic heterocycles. The van der Waals surface area contributed by atoms with Crippen molar-refractivity contribution in [3.63, 3.8) is 0 Å². The van der Waals surface area contributed by atoms with Gasteiger partial charge in [0.05, 0.1) is 5.92 Å². The highest BCUT2D eigenvalue weighted by Crippen LogP contribution is 2.27. The van der Waals surface area contributed by atoms with Gasteiger partial charge in [0, 0.05) is 0 Å². The molecule has 0 bridgehead atoms. The van der Waals surface area contributed by atoms with Gasteiger partial charge in [0.1, 0.15) is 18.1 Å². The van der Waals surface area contributed by atoms with E-state index in [1.165, 1.54) is 0 Å². The van der Waals surface area contributed by atoms with Crippen molar-refractivity contribution in [3.05, 3.63) is 60.2 Å². The number of rotatable bonds is 5. The molecule has 1 aliphatic rings. The molecule has 0 unspecified atom stereocenters. The lowest BCUT2D eigenvalue weighted by Crippen LogP contribution is -2.17. The van der Waals surface area contributed by atoms with Gasteiger partial charge in [-0.05, 0) is 42.7 Å². The van der Waals surface area contributed by atoms with E-state index in [2.05, 4.69) is 0 Å². The molecule has 2 aromatic carbocycles. The fourth-order valence-electron chi connectivity index (χ4n) is 2.71. The molecule has 3 rings (SSSR count). The monoisotopic (exact) mass is 296 g/mol. The van der Waals surface area contributed by atoms with Gasteiger partial charge in [-0.1, -0.05) is 43.2 Å². The van der Waals surface area contributed by atoms with E-state index >= 15 is 0 Å². The van der Waals surface area contributed by atoms with Crippen molar-refractivity contribution < 1.29 is 14.3 Å². The molecule has 0 spiro atoms. The van der Waals surface area contributed by atoms with Crippen molar-refractivity contribution in [1.29, 1.82) is 0 Å². The van der Waals surface area contributed by atoms with Gasteiger partial charge in [0.2, 0.25) is 0 Å². The van der Waals surface area contributed by atoms with E-state index in [0.717, 1.165) is 37.0 Å². The molecule has 0 heterocycles. The van der Waals surface area contributed by atoms with Crippen molar-refractivity contribution in [1.82, 2.24) is 0 Å². The third kappa shape index (κ3) is 3.88. The van der Waals surface area contributed by atoms with Gasteiger partial charge in [0.25, 0.3) is 0 Å². The van der Waals surface area contributed by atoms with Crippen LogP contribution in [0.25, 0.3) is 0 Å². The summed E-state index contributed by atoms with van der Waals surface area (Å²) < 4.78 is 11.1. The number of esters is 1. The minimum atomic E-state index is -0.101. The second kappa shape index (κ2) is 7.12. The first-order valence-corrected chi connectivity index (χ1v) is 7.80. The minimum Gasteiger partial charge on any atom is -0.489 e. The van der Waals surface area contributed by atoms with E-state index in [1.54, 1.807) is 12.1 Å². The highest BCUT2D eigenvalue weighted by atomic mass is 16.5. The van der Waals surface area contributed by atoms with Crippen molar-refractivity contribution in [2.24, 2.45) is 5.92 Å². The highest BCUT2D eigenvalue weighted by Gasteiger charge is 2.24. The first-order chi connectivity index (χ1) is 10.8. The van der Waals surface area contributed by atoms with Crippen LogP contribution >= 0.6 is 0 Å². The van der Waals surface area contributed by atoms with Crippen LogP contribution in [0.3, 0.4) is 0 Å². The molecule has 1 aliphatic carbocycles. The van der Waals surface area contributed by atoms with Crippen LogP contribution in [0.5, 0.6) is 11.5 Å². The second-order valence-electron chi connectivity index (χ2n) is 5.65. The van der Waals surface area contributed by atoms with Crippen LogP contribution in [-0.2, 0) is 11.4 Å². The van der Waals surface area contributed by atoms with Crippen LogP contribution in [-0.4, -0.2) is 5.97 Å². The van der Waals surface area contributed by atoms with Crippen molar-refractivity contribution in [2.45, 2.75) is 32.3 Å². The summed E-state index contributed by atoms with van der Waals surface area (Å²) in [4.78, 5) is 12.0. The van der Waals surface area contributed by atoms with Crippen LogP contribution in [0, 0.1) is 5.92 Å². The highest BCUT2D eigenvalue weighted by molar-refractivity contribution is 5.75. The van der Waals surface area contributed by atoms with E-state index < -0.39 is 0 Å². The Morgan fingerprint density at radius 2 is 1.55 bits per heavy atom. The van der Waals surface area contributed by atoms with Crippen LogP contribution in [0.4, 0.5) is 0 Å². The Bertz CT molecular complexity index is 598. The van der Waals surface area contributed by atoms with E-state index in [9.17, 15) is 4.79 Å². The molecule has 1 fully saturated rings. The maximum absolute atomic E-state index is 12.0. The molecular weight excluding hydrogens is 276 g/mol. The van der Waals surface area contributed by atoms with Crippen molar-refractivity contribution in [3.8, 4) is 11.5 Å². The number of ether oxygens (including phenoxy) is 2. The lowest BCUT2D eigenvalue weighted by Gasteiger charge is -2.10. The number of hydrogen-bond donors (Lipinski definition) is 0. The Hall–Kier alpha value is -2.29. The summed E-state index contributed by atoms with van der Waals surface area (Å²) in [5, 5.41) is 0. The van der Waals surface area contributed by atoms with E-state index in [0.29, 0.717) is 12.4 Å². The number of carbonyl (C=O) groups excluding carboxylic acids is 1. The maximum Gasteiger partial charge on any atom is 0.314 e. The molecular formula is C19H20O3. The van der Waals surface area contributed by atoms with E-state index in [-0.39, 0.29) is 11.9 Å². The quantitative estimate of drug-likeness (QED) is 0.607. The normalized spacial score (nSPS) is 14.7. The molecule has 0 amide bonds. The smallest absolute Gasteiger partial charge is 0.314 e. The van der Waals surface area contributed by atoms with Crippen LogP contribution in [0.2, 0.25) is 0 Å². The predicted octanol–water partition coefficient (Wildman–Crippen LogP) is 4.36. The SMILES string of the molecule is O=C(Oc1ccc(OCc2ccccc2)cc1)C1CCCC1. The standard InChI is InChI=1S/C19H20O3/c20-19(16-8-4-5-9-16)22-18-12-10-17(11-13-18)21-14-15-6-2-1-3-7-15/h1-3,6-7,10-13,16H,4-5,8-9,14H2. The molecule has 0 saturated heterocycles. The van der Waals surface area contributed by atoms with Crippen LogP contribution < -0.4 is 9.47 Å². The summed E-state index contributed by atoms with van der Waals surface area (Å²) in [5.41, 5.74) is 1.12. The third-order valence-electron chi connectivity index (χ3n) is 3.98. The lowest BCUT2D eigenvalue weighted by molar-refractivity contribution is -0.138. The Morgan fingerprint density at radius 1 is 0.909 bits per heavy atom. The van der Waals surface area contributed by atoms with Crippen LogP contribution in [0.1, 0.15) is 31.2 Å². The molecule has 0 aliphatic heterocycles. The molecule has 3 heteroatoms. The second-order valence-corrected chi connectivity index (χ2v) is 5.65. The van der Waals surface area contributed by atoms with Gasteiger partial charge in [-0.25, -0.2) is 0 Å². The lowest BCUT2D eigenvalue weighted by atomic mass is 10.1. The summed E-state index contributed by atoms with van der Waals surface area (Å²) in [6, 6.07) is 17.3. The van der Waals surface area contributed by atoms with Crippen molar-refractivity contribution >= 4 is 5.97 Å². The van der Waals surface area contributed by atoms with Gasteiger partial charge < -0.3 is 9.47 Å². The molecule has 1 saturated carbocycles. The molecule has 0 atom stereocenters. The third-order valence-corrected chi connectivity index (χ3v) is 3.98. The van der Waals surface area contributed by atoms with Gasteiger partial charge in [-0.15, -0.1) is 0 Å². The van der Waals surface area contributed by atoms with E-state index in [4.69, 9.17) is 9.47 Å². The van der Waals surface area contributed by atoms with Gasteiger partial charge in [0.15, 0.2) is 0 Å². The summed E-state index contributed by atoms with van der Waals surface area (Å²) in [5.74, 6) is 1.33. The Kier molecular flexibility index (Phi) is 4.74. The Morgan fingerprint density at radius 3 is 2.23 bits per heavy atom. The Labute approximate surface area is 130 Å². The molecule has 2 aromatic rings. The summed E-state index contributed by atoms with van der Waals surface area (Å²) in [6.45, 7) is 0.530. The van der Waals surface area contributed by atoms with Gasteiger partial charge >= 0.3 is 5.97 Å². The number of carbonyl (C=O) groups is 1. The summed E-state index contributed by atoms with van der Waals surface area (Å²) in [7, 11) is 0. The summed E-state index contributed by atoms with van der Waals surface area (Å²) >= 11 is 0. The average Bonchev–Trinajstić information content (AvgIpc) is 3.10. The van der Waals surface area contributed by atoms with Crippen molar-refractivity contribution in [2.75, 3.05) is 0 Å². The topological polar surface area (TPSA) is 35.5 Å². The Balaban J connectivity index is 1.52. The maximum atomic E-state index is 12.0. The first-order valence-electron chi connectivity index (χ1n) is 7.80. The van der Waals surface area contributed by atoms with Gasteiger partial charge in [-0.3, -0.25) is 4.79 Å². The number of hydrogen-bond acceptors (Lipinski definition) is 3. The average molecular weight is 296 g/mol. The fraction of sp³-hybridized carbons (Fsp3) is 0.316. The molecule has 0 radical (unpaired) electrons. The summed E-state index contributed by atoms with van der Waals surface area (Å²) in [6.07, 6.45) is 4.17. The van der Waals surface area contributed by atoms with Gasteiger partial charge in [-0.2, -0.15) is 0 Å². The minimum absolute atomic E-state index is 0.0778. The predicted molar refractivity (Wildman–Crippen MR) is 84.8 cm³/mol.